The second-order valence-electron chi connectivity index (χ2n) is 4.14. The normalized spacial score (nSPS) is 24.7. The Labute approximate surface area is 76.1 Å². The highest BCUT2D eigenvalue weighted by atomic mass is 19.4. The zero-order valence-electron chi connectivity index (χ0n) is 7.91. The van der Waals surface area contributed by atoms with Crippen molar-refractivity contribution in [2.75, 3.05) is 26.2 Å². The standard InChI is InChI=1S/C8H15F3N2/c1-7(2)5-13(4-3-12-7)6-8(9,10)11/h12H,3-6H2,1-2H3. The minimum absolute atomic E-state index is 0.205. The molecule has 1 N–H and O–H groups in total. The maximum Gasteiger partial charge on any atom is 0.401 e. The van der Waals surface area contributed by atoms with Gasteiger partial charge in [0.2, 0.25) is 0 Å². The van der Waals surface area contributed by atoms with Crippen molar-refractivity contribution in [1.29, 1.82) is 0 Å². The first-order valence-electron chi connectivity index (χ1n) is 4.33. The van der Waals surface area contributed by atoms with Gasteiger partial charge in [-0.1, -0.05) is 0 Å². The molecule has 0 amide bonds. The summed E-state index contributed by atoms with van der Waals surface area (Å²) < 4.78 is 36.1. The third-order valence-electron chi connectivity index (χ3n) is 2.05. The van der Waals surface area contributed by atoms with Crippen LogP contribution in [0.5, 0.6) is 0 Å². The lowest BCUT2D eigenvalue weighted by Gasteiger charge is -2.39. The fraction of sp³-hybridized carbons (Fsp3) is 1.00. The van der Waals surface area contributed by atoms with Gasteiger partial charge >= 0.3 is 6.18 Å². The van der Waals surface area contributed by atoms with E-state index in [1.54, 1.807) is 0 Å². The predicted molar refractivity (Wildman–Crippen MR) is 44.6 cm³/mol. The van der Waals surface area contributed by atoms with Crippen molar-refractivity contribution >= 4 is 0 Å². The summed E-state index contributed by atoms with van der Waals surface area (Å²) in [7, 11) is 0. The molecule has 0 bridgehead atoms. The SMILES string of the molecule is CC1(C)CN(CC(F)(F)F)CCN1. The molecule has 13 heavy (non-hydrogen) atoms. The zero-order valence-corrected chi connectivity index (χ0v) is 7.91. The molecule has 1 saturated heterocycles. The largest absolute Gasteiger partial charge is 0.401 e. The van der Waals surface area contributed by atoms with Crippen molar-refractivity contribution in [3.8, 4) is 0 Å². The average Bonchev–Trinajstić information content (AvgIpc) is 1.79. The summed E-state index contributed by atoms with van der Waals surface area (Å²) in [6.07, 6.45) is -4.08. The Kier molecular flexibility index (Phi) is 2.87. The van der Waals surface area contributed by atoms with Crippen molar-refractivity contribution < 1.29 is 13.2 Å². The van der Waals surface area contributed by atoms with Gasteiger partial charge in [0, 0.05) is 25.2 Å². The molecule has 1 rings (SSSR count). The Bertz CT molecular complexity index is 175. The van der Waals surface area contributed by atoms with Crippen LogP contribution in [-0.4, -0.2) is 42.8 Å². The van der Waals surface area contributed by atoms with Gasteiger partial charge in [-0.15, -0.1) is 0 Å². The van der Waals surface area contributed by atoms with Gasteiger partial charge in [0.1, 0.15) is 0 Å². The summed E-state index contributed by atoms with van der Waals surface area (Å²) in [6, 6.07) is 0. The summed E-state index contributed by atoms with van der Waals surface area (Å²) in [4.78, 5) is 1.44. The lowest BCUT2D eigenvalue weighted by Crippen LogP contribution is -2.58. The highest BCUT2D eigenvalue weighted by Gasteiger charge is 2.34. The van der Waals surface area contributed by atoms with E-state index in [-0.39, 0.29) is 5.54 Å². The van der Waals surface area contributed by atoms with Crippen molar-refractivity contribution in [2.45, 2.75) is 25.6 Å². The quantitative estimate of drug-likeness (QED) is 0.678. The first kappa shape index (κ1) is 10.8. The topological polar surface area (TPSA) is 15.3 Å². The van der Waals surface area contributed by atoms with Crippen LogP contribution in [0.15, 0.2) is 0 Å². The number of nitrogens with one attached hydrogen (secondary N) is 1. The molecule has 0 aromatic carbocycles. The molecule has 5 heteroatoms. The third-order valence-corrected chi connectivity index (χ3v) is 2.05. The average molecular weight is 196 g/mol. The monoisotopic (exact) mass is 196 g/mol. The molecule has 0 saturated carbocycles. The molecular weight excluding hydrogens is 181 g/mol. The van der Waals surface area contributed by atoms with Crippen LogP contribution in [0.2, 0.25) is 0 Å². The van der Waals surface area contributed by atoms with E-state index in [0.29, 0.717) is 19.6 Å². The highest BCUT2D eigenvalue weighted by Crippen LogP contribution is 2.19. The minimum Gasteiger partial charge on any atom is -0.309 e. The first-order chi connectivity index (χ1) is 5.79. The molecule has 0 atom stereocenters. The Morgan fingerprint density at radius 1 is 1.38 bits per heavy atom. The van der Waals surface area contributed by atoms with Gasteiger partial charge in [0.05, 0.1) is 6.54 Å². The second-order valence-corrected chi connectivity index (χ2v) is 4.14. The summed E-state index contributed by atoms with van der Waals surface area (Å²) in [5.74, 6) is 0. The fourth-order valence-corrected chi connectivity index (χ4v) is 1.63. The van der Waals surface area contributed by atoms with Crippen LogP contribution in [0.3, 0.4) is 0 Å². The Hall–Kier alpha value is -0.290. The molecule has 0 spiro atoms. The van der Waals surface area contributed by atoms with Crippen LogP contribution in [0.1, 0.15) is 13.8 Å². The molecule has 78 valence electrons. The predicted octanol–water partition coefficient (Wildman–Crippen LogP) is 1.23. The molecule has 0 aromatic heterocycles. The van der Waals surface area contributed by atoms with Crippen LogP contribution in [0, 0.1) is 0 Å². The van der Waals surface area contributed by atoms with E-state index in [4.69, 9.17) is 0 Å². The van der Waals surface area contributed by atoms with Crippen molar-refractivity contribution in [3.05, 3.63) is 0 Å². The van der Waals surface area contributed by atoms with Gasteiger partial charge in [-0.2, -0.15) is 13.2 Å². The van der Waals surface area contributed by atoms with Gasteiger partial charge in [-0.3, -0.25) is 4.90 Å². The lowest BCUT2D eigenvalue weighted by molar-refractivity contribution is -0.149. The number of alkyl halides is 3. The van der Waals surface area contributed by atoms with E-state index in [1.165, 1.54) is 4.90 Å². The number of piperazine rings is 1. The van der Waals surface area contributed by atoms with Crippen LogP contribution >= 0.6 is 0 Å². The van der Waals surface area contributed by atoms with Crippen LogP contribution in [0.25, 0.3) is 0 Å². The molecule has 1 aliphatic rings. The van der Waals surface area contributed by atoms with Crippen LogP contribution < -0.4 is 5.32 Å². The second kappa shape index (κ2) is 3.46. The molecule has 0 aliphatic carbocycles. The van der Waals surface area contributed by atoms with E-state index >= 15 is 0 Å². The third kappa shape index (κ3) is 3.95. The Balaban J connectivity index is 2.44. The summed E-state index contributed by atoms with van der Waals surface area (Å²) in [6.45, 7) is 4.59. The van der Waals surface area contributed by atoms with E-state index in [2.05, 4.69) is 5.32 Å². The van der Waals surface area contributed by atoms with Gasteiger partial charge in [-0.25, -0.2) is 0 Å². The fourth-order valence-electron chi connectivity index (χ4n) is 1.63. The molecule has 0 radical (unpaired) electrons. The van der Waals surface area contributed by atoms with Crippen molar-refractivity contribution in [1.82, 2.24) is 10.2 Å². The molecule has 1 aliphatic heterocycles. The van der Waals surface area contributed by atoms with Gasteiger partial charge in [-0.05, 0) is 13.8 Å². The molecule has 1 fully saturated rings. The smallest absolute Gasteiger partial charge is 0.309 e. The number of nitrogens with zero attached hydrogens (tertiary/aromatic N) is 1. The maximum absolute atomic E-state index is 12.0. The number of hydrogen-bond donors (Lipinski definition) is 1. The molecule has 0 aromatic rings. The van der Waals surface area contributed by atoms with Gasteiger partial charge in [0.15, 0.2) is 0 Å². The zero-order chi connectivity index (χ0) is 10.1. The first-order valence-corrected chi connectivity index (χ1v) is 4.33. The van der Waals surface area contributed by atoms with Crippen LogP contribution in [0.4, 0.5) is 13.2 Å². The summed E-state index contributed by atoms with van der Waals surface area (Å²) >= 11 is 0. The van der Waals surface area contributed by atoms with Gasteiger partial charge in [0.25, 0.3) is 0 Å². The maximum atomic E-state index is 12.0. The van der Waals surface area contributed by atoms with Crippen molar-refractivity contribution in [2.24, 2.45) is 0 Å². The van der Waals surface area contributed by atoms with Crippen molar-refractivity contribution in [3.63, 3.8) is 0 Å². The van der Waals surface area contributed by atoms with E-state index in [0.717, 1.165) is 0 Å². The van der Waals surface area contributed by atoms with E-state index in [1.807, 2.05) is 13.8 Å². The molecule has 2 nitrogen and oxygen atoms in total. The summed E-state index contributed by atoms with van der Waals surface area (Å²) in [5, 5.41) is 3.17. The molecule has 0 unspecified atom stereocenters. The van der Waals surface area contributed by atoms with Crippen LogP contribution in [-0.2, 0) is 0 Å². The molecular formula is C8H15F3N2. The number of hydrogen-bond acceptors (Lipinski definition) is 2. The number of rotatable bonds is 1. The Morgan fingerprint density at radius 3 is 2.46 bits per heavy atom. The summed E-state index contributed by atoms with van der Waals surface area (Å²) in [5.41, 5.74) is -0.205. The Morgan fingerprint density at radius 2 is 2.00 bits per heavy atom. The highest BCUT2D eigenvalue weighted by molar-refractivity contribution is 4.87. The molecule has 1 heterocycles. The van der Waals surface area contributed by atoms with E-state index in [9.17, 15) is 13.2 Å². The van der Waals surface area contributed by atoms with Gasteiger partial charge < -0.3 is 5.32 Å². The van der Waals surface area contributed by atoms with E-state index < -0.39 is 12.7 Å². The number of halogens is 3. The lowest BCUT2D eigenvalue weighted by atomic mass is 10.0. The minimum atomic E-state index is -4.08.